The Morgan fingerprint density at radius 2 is 1.09 bits per heavy atom. The van der Waals surface area contributed by atoms with Gasteiger partial charge in [0.2, 0.25) is 0 Å². The van der Waals surface area contributed by atoms with Gasteiger partial charge >= 0.3 is 0 Å². The van der Waals surface area contributed by atoms with Crippen LogP contribution in [0.25, 0.3) is 0 Å². The van der Waals surface area contributed by atoms with E-state index >= 15 is 0 Å². The second-order valence-corrected chi connectivity index (χ2v) is 14.3. The van der Waals surface area contributed by atoms with Gasteiger partial charge in [-0.05, 0) is 31.6 Å². The van der Waals surface area contributed by atoms with E-state index in [2.05, 4.69) is 62.0 Å². The van der Waals surface area contributed by atoms with E-state index in [1.807, 2.05) is 0 Å². The van der Waals surface area contributed by atoms with Crippen LogP contribution in [0.3, 0.4) is 0 Å². The molecular weight excluding hydrogens is 520 g/mol. The zero-order chi connectivity index (χ0) is 30.7. The lowest BCUT2D eigenvalue weighted by atomic mass is 9.74. The predicted molar refractivity (Wildman–Crippen MR) is 192 cm³/mol. The monoisotopic (exact) mass is 595 g/mol. The van der Waals surface area contributed by atoms with Gasteiger partial charge in [-0.3, -0.25) is 0 Å². The van der Waals surface area contributed by atoms with Gasteiger partial charge in [0, 0.05) is 24.9 Å². The molecule has 2 atom stereocenters. The van der Waals surface area contributed by atoms with Gasteiger partial charge < -0.3 is 4.57 Å². The molecule has 1 aliphatic rings. The molecule has 0 saturated heterocycles. The van der Waals surface area contributed by atoms with Gasteiger partial charge in [0.05, 0.1) is 0 Å². The third-order valence-electron chi connectivity index (χ3n) is 10.2. The van der Waals surface area contributed by atoms with Crippen molar-refractivity contribution in [1.29, 1.82) is 0 Å². The summed E-state index contributed by atoms with van der Waals surface area (Å²) in [6.07, 6.45) is 54.2. The molecule has 2 unspecified atom stereocenters. The average Bonchev–Trinajstić information content (AvgIpc) is 3.48. The normalized spacial score (nSPS) is 17.2. The van der Waals surface area contributed by atoms with Crippen LogP contribution in [0, 0.1) is 5.41 Å². The molecule has 0 spiro atoms. The van der Waals surface area contributed by atoms with E-state index in [4.69, 9.17) is 4.98 Å². The van der Waals surface area contributed by atoms with Gasteiger partial charge in [0.25, 0.3) is 0 Å². The Morgan fingerprint density at radius 1 is 0.628 bits per heavy atom. The Morgan fingerprint density at radius 3 is 1.56 bits per heavy atom. The lowest BCUT2D eigenvalue weighted by Gasteiger charge is -2.32. The minimum atomic E-state index is 0.256. The zero-order valence-electron chi connectivity index (χ0n) is 29.4. The van der Waals surface area contributed by atoms with E-state index in [1.54, 1.807) is 0 Å². The number of nitrogens with zero attached hydrogens (tertiary/aromatic N) is 2. The standard InChI is InChI=1S/C41H74N2/c1-4-6-8-10-12-14-16-17-18-19-20-21-23-25-28-32-39(3)43-37-36-42-40(43)38-41(34-30-27-31-35-41)33-29-26-24-22-15-13-11-9-7-5-2/h27,30-31,34,36-37,39H,4-26,28-29,32-33,35,38H2,1-3H3. The first kappa shape index (κ1) is 37.9. The van der Waals surface area contributed by atoms with E-state index < -0.39 is 0 Å². The lowest BCUT2D eigenvalue weighted by molar-refractivity contribution is 0.315. The van der Waals surface area contributed by atoms with Crippen LogP contribution in [0.5, 0.6) is 0 Å². The van der Waals surface area contributed by atoms with E-state index in [1.165, 1.54) is 186 Å². The molecule has 0 aliphatic heterocycles. The Kier molecular flexibility index (Phi) is 22.9. The quantitative estimate of drug-likeness (QED) is 0.0810. The van der Waals surface area contributed by atoms with Crippen LogP contribution in [0.4, 0.5) is 0 Å². The van der Waals surface area contributed by atoms with Crippen molar-refractivity contribution >= 4 is 0 Å². The molecule has 1 aromatic rings. The van der Waals surface area contributed by atoms with Crippen LogP contribution in [0.2, 0.25) is 0 Å². The van der Waals surface area contributed by atoms with Crippen LogP contribution >= 0.6 is 0 Å². The van der Waals surface area contributed by atoms with Crippen molar-refractivity contribution in [2.24, 2.45) is 5.41 Å². The molecule has 1 aromatic heterocycles. The summed E-state index contributed by atoms with van der Waals surface area (Å²) < 4.78 is 2.51. The van der Waals surface area contributed by atoms with Crippen molar-refractivity contribution < 1.29 is 0 Å². The summed E-state index contributed by atoms with van der Waals surface area (Å²) in [6, 6.07) is 0.553. The number of rotatable bonds is 30. The number of hydrogen-bond donors (Lipinski definition) is 0. The first-order valence-electron chi connectivity index (χ1n) is 19.6. The summed E-state index contributed by atoms with van der Waals surface area (Å²) >= 11 is 0. The first-order valence-corrected chi connectivity index (χ1v) is 19.6. The molecule has 0 aromatic carbocycles. The Balaban J connectivity index is 1.58. The molecule has 0 amide bonds. The summed E-state index contributed by atoms with van der Waals surface area (Å²) in [5.74, 6) is 1.31. The second-order valence-electron chi connectivity index (χ2n) is 14.3. The highest BCUT2D eigenvalue weighted by Crippen LogP contribution is 2.38. The second kappa shape index (κ2) is 26.0. The molecule has 43 heavy (non-hydrogen) atoms. The fourth-order valence-electron chi connectivity index (χ4n) is 7.23. The van der Waals surface area contributed by atoms with Crippen molar-refractivity contribution in [3.8, 4) is 0 Å². The SMILES string of the molecule is CCCCCCCCCCCCCCCCCC(C)n1ccnc1CC1(CCCCCCCCCCCC)C=CC=CC1. The Bertz CT molecular complexity index is 804. The summed E-state index contributed by atoms with van der Waals surface area (Å²) in [5.41, 5.74) is 0.256. The molecule has 2 rings (SSSR count). The fourth-order valence-corrected chi connectivity index (χ4v) is 7.23. The van der Waals surface area contributed by atoms with Crippen LogP contribution in [0.15, 0.2) is 36.7 Å². The largest absolute Gasteiger partial charge is 0.332 e. The first-order chi connectivity index (χ1) is 21.2. The highest BCUT2D eigenvalue weighted by atomic mass is 15.1. The summed E-state index contributed by atoms with van der Waals surface area (Å²) in [7, 11) is 0. The molecule has 2 nitrogen and oxygen atoms in total. The molecule has 248 valence electrons. The van der Waals surface area contributed by atoms with Gasteiger partial charge in [-0.2, -0.15) is 0 Å². The third kappa shape index (κ3) is 18.3. The van der Waals surface area contributed by atoms with E-state index in [-0.39, 0.29) is 5.41 Å². The molecule has 0 bridgehead atoms. The van der Waals surface area contributed by atoms with E-state index in [0.29, 0.717) is 6.04 Å². The van der Waals surface area contributed by atoms with Gasteiger partial charge in [0.1, 0.15) is 5.82 Å². The topological polar surface area (TPSA) is 17.8 Å². The summed E-state index contributed by atoms with van der Waals surface area (Å²) in [5, 5.41) is 0. The van der Waals surface area contributed by atoms with E-state index in [9.17, 15) is 0 Å². The molecule has 0 N–H and O–H groups in total. The zero-order valence-corrected chi connectivity index (χ0v) is 29.4. The molecule has 1 aliphatic carbocycles. The molecule has 2 heteroatoms. The van der Waals surface area contributed by atoms with Gasteiger partial charge in [-0.15, -0.1) is 0 Å². The van der Waals surface area contributed by atoms with Crippen molar-refractivity contribution in [2.75, 3.05) is 0 Å². The fraction of sp³-hybridized carbons (Fsp3) is 0.829. The number of allylic oxidation sites excluding steroid dienone is 4. The number of hydrogen-bond acceptors (Lipinski definition) is 1. The highest BCUT2D eigenvalue weighted by molar-refractivity contribution is 5.19. The minimum Gasteiger partial charge on any atom is -0.332 e. The minimum absolute atomic E-state index is 0.256. The predicted octanol–water partition coefficient (Wildman–Crippen LogP) is 14.1. The van der Waals surface area contributed by atoms with Gasteiger partial charge in [0.15, 0.2) is 0 Å². The third-order valence-corrected chi connectivity index (χ3v) is 10.2. The number of aromatic nitrogens is 2. The highest BCUT2D eigenvalue weighted by Gasteiger charge is 2.29. The Hall–Kier alpha value is -1.31. The molecule has 0 fully saturated rings. The lowest BCUT2D eigenvalue weighted by Crippen LogP contribution is -2.25. The van der Waals surface area contributed by atoms with E-state index in [0.717, 1.165) is 6.42 Å². The van der Waals surface area contributed by atoms with Crippen molar-refractivity contribution in [3.63, 3.8) is 0 Å². The van der Waals surface area contributed by atoms with Crippen molar-refractivity contribution in [2.45, 2.75) is 213 Å². The Labute approximate surface area is 270 Å². The molecule has 0 saturated carbocycles. The van der Waals surface area contributed by atoms with Crippen LogP contribution in [-0.2, 0) is 6.42 Å². The molecule has 1 heterocycles. The van der Waals surface area contributed by atoms with Crippen LogP contribution in [0.1, 0.15) is 212 Å². The molecule has 0 radical (unpaired) electrons. The maximum Gasteiger partial charge on any atom is 0.109 e. The van der Waals surface area contributed by atoms with Gasteiger partial charge in [-0.25, -0.2) is 4.98 Å². The number of unbranched alkanes of at least 4 members (excludes halogenated alkanes) is 23. The number of imidazole rings is 1. The van der Waals surface area contributed by atoms with Crippen LogP contribution in [-0.4, -0.2) is 9.55 Å². The van der Waals surface area contributed by atoms with Crippen molar-refractivity contribution in [1.82, 2.24) is 9.55 Å². The van der Waals surface area contributed by atoms with Crippen molar-refractivity contribution in [3.05, 3.63) is 42.5 Å². The summed E-state index contributed by atoms with van der Waals surface area (Å²) in [4.78, 5) is 4.90. The van der Waals surface area contributed by atoms with Gasteiger partial charge in [-0.1, -0.05) is 199 Å². The maximum absolute atomic E-state index is 4.90. The smallest absolute Gasteiger partial charge is 0.109 e. The van der Waals surface area contributed by atoms with Crippen LogP contribution < -0.4 is 0 Å². The summed E-state index contributed by atoms with van der Waals surface area (Å²) in [6.45, 7) is 7.03. The average molecular weight is 595 g/mol. The maximum atomic E-state index is 4.90. The molecular formula is C41H74N2.